The van der Waals surface area contributed by atoms with Crippen molar-refractivity contribution in [3.05, 3.63) is 65.0 Å². The number of esters is 1. The predicted molar refractivity (Wildman–Crippen MR) is 111 cm³/mol. The van der Waals surface area contributed by atoms with E-state index in [1.165, 1.54) is 13.0 Å². The SMILES string of the molecule is CC(=O)c1ccc(N2CCN(C(=O)COC(=O)Cc3ccc(C)cc3)CC2)c(F)c1. The fraction of sp³-hybridized carbons (Fsp3) is 0.348. The van der Waals surface area contributed by atoms with Crippen LogP contribution in [0.5, 0.6) is 0 Å². The first-order valence-corrected chi connectivity index (χ1v) is 9.88. The Morgan fingerprint density at radius 2 is 1.67 bits per heavy atom. The summed E-state index contributed by atoms with van der Waals surface area (Å²) in [5.41, 5.74) is 2.69. The Kier molecular flexibility index (Phi) is 6.82. The number of amides is 1. The zero-order valence-corrected chi connectivity index (χ0v) is 17.2. The molecular formula is C23H25FN2O4. The number of halogens is 1. The van der Waals surface area contributed by atoms with E-state index in [-0.39, 0.29) is 24.7 Å². The van der Waals surface area contributed by atoms with Gasteiger partial charge in [0.2, 0.25) is 0 Å². The van der Waals surface area contributed by atoms with Gasteiger partial charge in [0.25, 0.3) is 5.91 Å². The van der Waals surface area contributed by atoms with E-state index in [0.717, 1.165) is 11.1 Å². The maximum atomic E-state index is 14.3. The van der Waals surface area contributed by atoms with Crippen LogP contribution in [0.1, 0.15) is 28.4 Å². The molecule has 158 valence electrons. The van der Waals surface area contributed by atoms with Gasteiger partial charge in [0.1, 0.15) is 5.82 Å². The van der Waals surface area contributed by atoms with E-state index < -0.39 is 11.8 Å². The minimum Gasteiger partial charge on any atom is -0.455 e. The topological polar surface area (TPSA) is 66.9 Å². The lowest BCUT2D eigenvalue weighted by molar-refractivity contribution is -0.151. The van der Waals surface area contributed by atoms with Crippen molar-refractivity contribution in [3.63, 3.8) is 0 Å². The van der Waals surface area contributed by atoms with Gasteiger partial charge < -0.3 is 14.5 Å². The lowest BCUT2D eigenvalue weighted by Gasteiger charge is -2.36. The third-order valence-electron chi connectivity index (χ3n) is 5.15. The van der Waals surface area contributed by atoms with Crippen LogP contribution in [0.2, 0.25) is 0 Å². The molecule has 0 aliphatic carbocycles. The molecule has 0 saturated carbocycles. The fourth-order valence-electron chi connectivity index (χ4n) is 3.34. The first-order valence-electron chi connectivity index (χ1n) is 9.88. The number of carbonyl (C=O) groups excluding carboxylic acids is 3. The Labute approximate surface area is 175 Å². The number of piperazine rings is 1. The van der Waals surface area contributed by atoms with Gasteiger partial charge in [-0.2, -0.15) is 0 Å². The lowest BCUT2D eigenvalue weighted by atomic mass is 10.1. The molecule has 1 amide bonds. The molecule has 1 saturated heterocycles. The zero-order valence-electron chi connectivity index (χ0n) is 17.2. The van der Waals surface area contributed by atoms with Gasteiger partial charge >= 0.3 is 5.97 Å². The second kappa shape index (κ2) is 9.52. The van der Waals surface area contributed by atoms with Crippen molar-refractivity contribution in [1.82, 2.24) is 4.90 Å². The number of rotatable bonds is 6. The highest BCUT2D eigenvalue weighted by Crippen LogP contribution is 2.22. The molecule has 0 aromatic heterocycles. The van der Waals surface area contributed by atoms with Crippen LogP contribution in [0.3, 0.4) is 0 Å². The molecule has 0 radical (unpaired) electrons. The molecule has 7 heteroatoms. The van der Waals surface area contributed by atoms with E-state index in [1.807, 2.05) is 36.1 Å². The number of carbonyl (C=O) groups is 3. The Hall–Kier alpha value is -3.22. The lowest BCUT2D eigenvalue weighted by Crippen LogP contribution is -2.50. The molecule has 1 heterocycles. The number of hydrogen-bond donors (Lipinski definition) is 0. The maximum absolute atomic E-state index is 14.3. The number of nitrogens with zero attached hydrogens (tertiary/aromatic N) is 2. The van der Waals surface area contributed by atoms with Crippen LogP contribution < -0.4 is 4.90 Å². The van der Waals surface area contributed by atoms with Gasteiger partial charge in [0, 0.05) is 31.7 Å². The molecule has 6 nitrogen and oxygen atoms in total. The van der Waals surface area contributed by atoms with Crippen molar-refractivity contribution in [1.29, 1.82) is 0 Å². The summed E-state index contributed by atoms with van der Waals surface area (Å²) in [6.45, 7) is 4.79. The van der Waals surface area contributed by atoms with E-state index in [9.17, 15) is 18.8 Å². The van der Waals surface area contributed by atoms with Gasteiger partial charge in [-0.25, -0.2) is 4.39 Å². The van der Waals surface area contributed by atoms with Crippen LogP contribution >= 0.6 is 0 Å². The molecule has 0 unspecified atom stereocenters. The standard InChI is InChI=1S/C23H25FN2O4/c1-16-3-5-18(6-4-16)13-23(29)30-15-22(28)26-11-9-25(10-12-26)21-8-7-19(17(2)27)14-20(21)24/h3-8,14H,9-13,15H2,1-2H3. The summed E-state index contributed by atoms with van der Waals surface area (Å²) in [5.74, 6) is -1.35. The Balaban J connectivity index is 1.46. The van der Waals surface area contributed by atoms with Gasteiger partial charge in [0.05, 0.1) is 12.1 Å². The highest BCUT2D eigenvalue weighted by molar-refractivity contribution is 5.94. The molecule has 1 aliphatic rings. The first kappa shape index (κ1) is 21.5. The van der Waals surface area contributed by atoms with Crippen LogP contribution in [0.4, 0.5) is 10.1 Å². The van der Waals surface area contributed by atoms with Gasteiger partial charge in [0.15, 0.2) is 12.4 Å². The number of ether oxygens (including phenoxy) is 1. The minimum absolute atomic E-state index is 0.122. The van der Waals surface area contributed by atoms with Gasteiger partial charge in [-0.15, -0.1) is 0 Å². The second-order valence-corrected chi connectivity index (χ2v) is 7.41. The number of benzene rings is 2. The molecule has 2 aromatic carbocycles. The maximum Gasteiger partial charge on any atom is 0.310 e. The largest absolute Gasteiger partial charge is 0.455 e. The summed E-state index contributed by atoms with van der Waals surface area (Å²) in [5, 5.41) is 0. The van der Waals surface area contributed by atoms with Crippen molar-refractivity contribution in [2.24, 2.45) is 0 Å². The second-order valence-electron chi connectivity index (χ2n) is 7.41. The van der Waals surface area contributed by atoms with E-state index in [2.05, 4.69) is 0 Å². The fourth-order valence-corrected chi connectivity index (χ4v) is 3.34. The van der Waals surface area contributed by atoms with Crippen molar-refractivity contribution in [3.8, 4) is 0 Å². The number of hydrogen-bond acceptors (Lipinski definition) is 5. The molecule has 1 fully saturated rings. The van der Waals surface area contributed by atoms with Gasteiger partial charge in [-0.1, -0.05) is 29.8 Å². The average Bonchev–Trinajstić information content (AvgIpc) is 2.73. The average molecular weight is 412 g/mol. The van der Waals surface area contributed by atoms with Crippen LogP contribution in [-0.4, -0.2) is 55.3 Å². The first-order chi connectivity index (χ1) is 14.3. The number of aryl methyl sites for hydroxylation is 1. The summed E-state index contributed by atoms with van der Waals surface area (Å²) >= 11 is 0. The third-order valence-corrected chi connectivity index (χ3v) is 5.15. The normalized spacial score (nSPS) is 13.8. The smallest absolute Gasteiger partial charge is 0.310 e. The van der Waals surface area contributed by atoms with Gasteiger partial charge in [-0.05, 0) is 37.6 Å². The molecule has 3 rings (SSSR count). The van der Waals surface area contributed by atoms with Crippen LogP contribution in [0, 0.1) is 12.7 Å². The molecule has 0 spiro atoms. The summed E-state index contributed by atoms with van der Waals surface area (Å²) in [7, 11) is 0. The summed E-state index contributed by atoms with van der Waals surface area (Å²) in [6, 6.07) is 12.0. The molecule has 0 bridgehead atoms. The van der Waals surface area contributed by atoms with Gasteiger partial charge in [-0.3, -0.25) is 14.4 Å². The molecule has 0 N–H and O–H groups in total. The Bertz CT molecular complexity index is 935. The van der Waals surface area contributed by atoms with Crippen molar-refractivity contribution >= 4 is 23.3 Å². The summed E-state index contributed by atoms with van der Waals surface area (Å²) in [4.78, 5) is 39.1. The number of ketones is 1. The van der Waals surface area contributed by atoms with Crippen molar-refractivity contribution in [2.45, 2.75) is 20.3 Å². The molecular weight excluding hydrogens is 387 g/mol. The minimum atomic E-state index is -0.451. The van der Waals surface area contributed by atoms with E-state index in [0.29, 0.717) is 37.4 Å². The molecule has 2 aromatic rings. The Morgan fingerprint density at radius 1 is 1.00 bits per heavy atom. The van der Waals surface area contributed by atoms with Crippen LogP contribution in [-0.2, 0) is 20.7 Å². The highest BCUT2D eigenvalue weighted by Gasteiger charge is 2.24. The number of anilines is 1. The Morgan fingerprint density at radius 3 is 2.27 bits per heavy atom. The summed E-state index contributed by atoms with van der Waals surface area (Å²) < 4.78 is 19.5. The van der Waals surface area contributed by atoms with E-state index in [4.69, 9.17) is 4.74 Å². The van der Waals surface area contributed by atoms with E-state index in [1.54, 1.807) is 17.0 Å². The monoisotopic (exact) mass is 412 g/mol. The molecule has 30 heavy (non-hydrogen) atoms. The van der Waals surface area contributed by atoms with E-state index >= 15 is 0 Å². The third kappa shape index (κ3) is 5.43. The quantitative estimate of drug-likeness (QED) is 0.539. The van der Waals surface area contributed by atoms with Crippen molar-refractivity contribution < 1.29 is 23.5 Å². The summed E-state index contributed by atoms with van der Waals surface area (Å²) in [6.07, 6.45) is 0.122. The number of Topliss-reactive ketones (excluding diaryl/α,β-unsaturated/α-hetero) is 1. The zero-order chi connectivity index (χ0) is 21.7. The predicted octanol–water partition coefficient (Wildman–Crippen LogP) is 2.77. The molecule has 0 atom stereocenters. The van der Waals surface area contributed by atoms with Crippen molar-refractivity contribution in [2.75, 3.05) is 37.7 Å². The van der Waals surface area contributed by atoms with Crippen LogP contribution in [0.25, 0.3) is 0 Å². The highest BCUT2D eigenvalue weighted by atomic mass is 19.1. The molecule has 1 aliphatic heterocycles. The van der Waals surface area contributed by atoms with Crippen LogP contribution in [0.15, 0.2) is 42.5 Å².